The third-order valence-electron chi connectivity index (χ3n) is 4.42. The largest absolute Gasteiger partial charge is 0.324 e. The van der Waals surface area contributed by atoms with Crippen LogP contribution in [0.1, 0.15) is 22.6 Å². The van der Waals surface area contributed by atoms with Gasteiger partial charge in [0.25, 0.3) is 5.91 Å². The van der Waals surface area contributed by atoms with Crippen LogP contribution in [0, 0.1) is 5.82 Å². The van der Waals surface area contributed by atoms with Crippen molar-refractivity contribution in [3.05, 3.63) is 77.7 Å². The molecular weight excluding hydrogens is 391 g/mol. The summed E-state index contributed by atoms with van der Waals surface area (Å²) in [5.41, 5.74) is 1.08. The maximum absolute atomic E-state index is 13.9. The van der Waals surface area contributed by atoms with Crippen LogP contribution in [0.5, 0.6) is 0 Å². The molecule has 2 N–H and O–H groups in total. The molecule has 2 aromatic carbocycles. The topological polar surface area (TPSA) is 76.0 Å². The molecule has 1 atom stereocenters. The van der Waals surface area contributed by atoms with Gasteiger partial charge >= 0.3 is 0 Å². The summed E-state index contributed by atoms with van der Waals surface area (Å²) in [4.78, 5) is 25.4. The standard InChI is InChI=1S/C21H17FN4O2S/c1-13(26-10-4-9-23-26)20(27)24-14-5-2-6-15(11-14)25-21(28)19-12-16-17(22)7-3-8-18(16)29-19/h2-13H,1H3,(H,24,27)(H,25,28). The Morgan fingerprint density at radius 1 is 1.07 bits per heavy atom. The molecule has 2 amide bonds. The van der Waals surface area contributed by atoms with E-state index in [2.05, 4.69) is 15.7 Å². The molecule has 29 heavy (non-hydrogen) atoms. The number of nitrogens with one attached hydrogen (secondary N) is 2. The molecule has 2 heterocycles. The van der Waals surface area contributed by atoms with Crippen molar-refractivity contribution >= 4 is 44.6 Å². The minimum absolute atomic E-state index is 0.225. The van der Waals surface area contributed by atoms with Crippen LogP contribution in [0.25, 0.3) is 10.1 Å². The van der Waals surface area contributed by atoms with Crippen LogP contribution < -0.4 is 10.6 Å². The van der Waals surface area contributed by atoms with Gasteiger partial charge in [-0.2, -0.15) is 5.10 Å². The summed E-state index contributed by atoms with van der Waals surface area (Å²) in [6.45, 7) is 1.74. The molecule has 0 bridgehead atoms. The van der Waals surface area contributed by atoms with E-state index in [4.69, 9.17) is 0 Å². The number of benzene rings is 2. The van der Waals surface area contributed by atoms with Crippen LogP contribution in [0.2, 0.25) is 0 Å². The van der Waals surface area contributed by atoms with Crippen LogP contribution in [0.4, 0.5) is 15.8 Å². The van der Waals surface area contributed by atoms with Crippen molar-refractivity contribution in [1.29, 1.82) is 0 Å². The Labute approximate surface area is 170 Å². The quantitative estimate of drug-likeness (QED) is 0.503. The average Bonchev–Trinajstić information content (AvgIpc) is 3.38. The minimum Gasteiger partial charge on any atom is -0.324 e. The number of amides is 2. The summed E-state index contributed by atoms with van der Waals surface area (Å²) in [7, 11) is 0. The fourth-order valence-corrected chi connectivity index (χ4v) is 3.85. The number of thiophene rings is 1. The Balaban J connectivity index is 1.47. The highest BCUT2D eigenvalue weighted by Gasteiger charge is 2.16. The number of halogens is 1. The van der Waals surface area contributed by atoms with E-state index >= 15 is 0 Å². The van der Waals surface area contributed by atoms with Crippen molar-refractivity contribution < 1.29 is 14.0 Å². The monoisotopic (exact) mass is 408 g/mol. The molecule has 0 aliphatic carbocycles. The van der Waals surface area contributed by atoms with Gasteiger partial charge in [-0.15, -0.1) is 11.3 Å². The minimum atomic E-state index is -0.475. The number of fused-ring (bicyclic) bond motifs is 1. The lowest BCUT2D eigenvalue weighted by molar-refractivity contribution is -0.119. The van der Waals surface area contributed by atoms with Gasteiger partial charge in [-0.1, -0.05) is 12.1 Å². The summed E-state index contributed by atoms with van der Waals surface area (Å²) >= 11 is 1.22. The fraction of sp³-hybridized carbons (Fsp3) is 0.0952. The molecule has 146 valence electrons. The zero-order valence-corrected chi connectivity index (χ0v) is 16.2. The predicted octanol–water partition coefficient (Wildman–Crippen LogP) is 4.69. The fourth-order valence-electron chi connectivity index (χ4n) is 2.88. The zero-order valence-electron chi connectivity index (χ0n) is 15.4. The summed E-state index contributed by atoms with van der Waals surface area (Å²) in [5.74, 6) is -0.912. The van der Waals surface area contributed by atoms with Gasteiger partial charge in [0, 0.05) is 33.9 Å². The second kappa shape index (κ2) is 7.84. The van der Waals surface area contributed by atoms with E-state index < -0.39 is 6.04 Å². The van der Waals surface area contributed by atoms with E-state index in [9.17, 15) is 14.0 Å². The van der Waals surface area contributed by atoms with Crippen LogP contribution in [0.3, 0.4) is 0 Å². The number of hydrogen-bond acceptors (Lipinski definition) is 4. The number of rotatable bonds is 5. The number of hydrogen-bond donors (Lipinski definition) is 2. The molecule has 6 nitrogen and oxygen atoms in total. The number of anilines is 2. The second-order valence-corrected chi connectivity index (χ2v) is 7.53. The lowest BCUT2D eigenvalue weighted by atomic mass is 10.2. The van der Waals surface area contributed by atoms with Gasteiger partial charge in [0.2, 0.25) is 5.91 Å². The first-order chi connectivity index (χ1) is 14.0. The summed E-state index contributed by atoms with van der Waals surface area (Å²) in [5, 5.41) is 10.1. The van der Waals surface area contributed by atoms with E-state index in [1.54, 1.807) is 72.5 Å². The van der Waals surface area contributed by atoms with Gasteiger partial charge in [-0.3, -0.25) is 14.3 Å². The lowest BCUT2D eigenvalue weighted by Crippen LogP contribution is -2.24. The first-order valence-electron chi connectivity index (χ1n) is 8.91. The normalized spacial score (nSPS) is 11.9. The molecule has 0 saturated carbocycles. The third kappa shape index (κ3) is 4.02. The van der Waals surface area contributed by atoms with Gasteiger partial charge in [0.05, 0.1) is 4.88 Å². The highest BCUT2D eigenvalue weighted by atomic mass is 32.1. The molecule has 1 unspecified atom stereocenters. The Bertz CT molecular complexity index is 1190. The molecule has 0 radical (unpaired) electrons. The summed E-state index contributed by atoms with van der Waals surface area (Å²) in [6.07, 6.45) is 3.33. The molecule has 0 spiro atoms. The first-order valence-corrected chi connectivity index (χ1v) is 9.72. The molecule has 4 rings (SSSR count). The smallest absolute Gasteiger partial charge is 0.265 e. The number of nitrogens with zero attached hydrogens (tertiary/aromatic N) is 2. The maximum Gasteiger partial charge on any atom is 0.265 e. The maximum atomic E-state index is 13.9. The van der Waals surface area contributed by atoms with Crippen LogP contribution in [0.15, 0.2) is 67.0 Å². The average molecular weight is 408 g/mol. The number of carbonyl (C=O) groups excluding carboxylic acids is 2. The SMILES string of the molecule is CC(C(=O)Nc1cccc(NC(=O)c2cc3c(F)cccc3s2)c1)n1cccn1. The Hall–Kier alpha value is -3.52. The van der Waals surface area contributed by atoms with E-state index in [0.29, 0.717) is 26.3 Å². The molecular formula is C21H17FN4O2S. The van der Waals surface area contributed by atoms with Crippen molar-refractivity contribution in [3.63, 3.8) is 0 Å². The van der Waals surface area contributed by atoms with Crippen molar-refractivity contribution in [2.75, 3.05) is 10.6 Å². The van der Waals surface area contributed by atoms with Gasteiger partial charge in [-0.05, 0) is 49.4 Å². The predicted molar refractivity (Wildman–Crippen MR) is 112 cm³/mol. The first kappa shape index (κ1) is 18.8. The van der Waals surface area contributed by atoms with Gasteiger partial charge < -0.3 is 10.6 Å². The molecule has 8 heteroatoms. The Kier molecular flexibility index (Phi) is 5.09. The van der Waals surface area contributed by atoms with Crippen LogP contribution in [-0.2, 0) is 4.79 Å². The van der Waals surface area contributed by atoms with E-state index in [1.165, 1.54) is 17.4 Å². The number of aromatic nitrogens is 2. The van der Waals surface area contributed by atoms with Gasteiger partial charge in [-0.25, -0.2) is 4.39 Å². The second-order valence-electron chi connectivity index (χ2n) is 6.45. The molecule has 0 saturated heterocycles. The van der Waals surface area contributed by atoms with Crippen molar-refractivity contribution in [2.45, 2.75) is 13.0 Å². The van der Waals surface area contributed by atoms with Gasteiger partial charge in [0.15, 0.2) is 0 Å². The number of carbonyl (C=O) groups is 2. The van der Waals surface area contributed by atoms with Crippen LogP contribution in [-0.4, -0.2) is 21.6 Å². The molecule has 2 aromatic heterocycles. The molecule has 0 aliphatic heterocycles. The lowest BCUT2D eigenvalue weighted by Gasteiger charge is -2.13. The van der Waals surface area contributed by atoms with Crippen LogP contribution >= 0.6 is 11.3 Å². The van der Waals surface area contributed by atoms with Crippen molar-refractivity contribution in [2.24, 2.45) is 0 Å². The molecule has 0 fully saturated rings. The van der Waals surface area contributed by atoms with E-state index in [-0.39, 0.29) is 17.6 Å². The van der Waals surface area contributed by atoms with Crippen molar-refractivity contribution in [3.8, 4) is 0 Å². The molecule has 0 aliphatic rings. The van der Waals surface area contributed by atoms with E-state index in [0.717, 1.165) is 0 Å². The summed E-state index contributed by atoms with van der Waals surface area (Å²) in [6, 6.07) is 14.4. The Morgan fingerprint density at radius 2 is 1.83 bits per heavy atom. The third-order valence-corrected chi connectivity index (χ3v) is 5.52. The Morgan fingerprint density at radius 3 is 2.55 bits per heavy atom. The zero-order chi connectivity index (χ0) is 20.4. The highest BCUT2D eigenvalue weighted by molar-refractivity contribution is 7.20. The summed E-state index contributed by atoms with van der Waals surface area (Å²) < 4.78 is 16.1. The highest BCUT2D eigenvalue weighted by Crippen LogP contribution is 2.28. The van der Waals surface area contributed by atoms with E-state index in [1.807, 2.05) is 0 Å². The molecule has 4 aromatic rings. The van der Waals surface area contributed by atoms with Crippen molar-refractivity contribution in [1.82, 2.24) is 9.78 Å². The van der Waals surface area contributed by atoms with Gasteiger partial charge in [0.1, 0.15) is 11.9 Å².